The zero-order chi connectivity index (χ0) is 21.8. The van der Waals surface area contributed by atoms with Gasteiger partial charge in [0.15, 0.2) is 0 Å². The third kappa shape index (κ3) is 3.96. The quantitative estimate of drug-likeness (QED) is 0.304. The molecule has 1 aromatic carbocycles. The zero-order valence-corrected chi connectivity index (χ0v) is 16.4. The van der Waals surface area contributed by atoms with E-state index in [1.165, 1.54) is 23.4 Å². The van der Waals surface area contributed by atoms with Crippen molar-refractivity contribution in [1.82, 2.24) is 29.5 Å². The van der Waals surface area contributed by atoms with E-state index in [-0.39, 0.29) is 29.6 Å². The SMILES string of the molecule is CCOC(=O)c1nc(C(=O)OCC)n(-c2cc(-n3cncn3)c(Cl)cc2[N+](=O)[O-])n1. The van der Waals surface area contributed by atoms with E-state index >= 15 is 0 Å². The molecule has 13 nitrogen and oxygen atoms in total. The van der Waals surface area contributed by atoms with Crippen molar-refractivity contribution < 1.29 is 24.0 Å². The van der Waals surface area contributed by atoms with Gasteiger partial charge in [-0.25, -0.2) is 19.3 Å². The molecule has 156 valence electrons. The molecule has 0 spiro atoms. The first-order valence-corrected chi connectivity index (χ1v) is 8.89. The van der Waals surface area contributed by atoms with Gasteiger partial charge >= 0.3 is 11.9 Å². The minimum absolute atomic E-state index is 0.000587. The third-order valence-corrected chi connectivity index (χ3v) is 3.96. The fourth-order valence-electron chi connectivity index (χ4n) is 2.45. The second-order valence-electron chi connectivity index (χ2n) is 5.50. The molecule has 2 aromatic heterocycles. The summed E-state index contributed by atoms with van der Waals surface area (Å²) in [6.07, 6.45) is 2.57. The summed E-state index contributed by atoms with van der Waals surface area (Å²) in [5.41, 5.74) is -0.464. The Hall–Kier alpha value is -3.87. The van der Waals surface area contributed by atoms with Gasteiger partial charge in [-0.1, -0.05) is 11.6 Å². The average Bonchev–Trinajstić information content (AvgIpc) is 3.38. The minimum atomic E-state index is -0.938. The van der Waals surface area contributed by atoms with Crippen LogP contribution in [0.15, 0.2) is 24.8 Å². The van der Waals surface area contributed by atoms with Gasteiger partial charge in [-0.05, 0) is 19.9 Å². The highest BCUT2D eigenvalue weighted by atomic mass is 35.5. The number of nitro benzene ring substituents is 1. The lowest BCUT2D eigenvalue weighted by Gasteiger charge is -2.10. The molecular formula is C16H14ClN7O6. The second kappa shape index (κ2) is 8.65. The van der Waals surface area contributed by atoms with Gasteiger partial charge in [0.25, 0.3) is 11.5 Å². The first-order chi connectivity index (χ1) is 14.4. The number of hydrogen-bond acceptors (Lipinski definition) is 10. The molecule has 3 aromatic rings. The summed E-state index contributed by atoms with van der Waals surface area (Å²) in [6, 6.07) is 2.33. The van der Waals surface area contributed by atoms with E-state index in [1.807, 2.05) is 0 Å². The molecule has 2 heterocycles. The molecule has 0 unspecified atom stereocenters. The number of halogens is 1. The zero-order valence-electron chi connectivity index (χ0n) is 15.7. The van der Waals surface area contributed by atoms with E-state index in [2.05, 4.69) is 20.2 Å². The molecule has 0 saturated heterocycles. The summed E-state index contributed by atoms with van der Waals surface area (Å²) >= 11 is 6.17. The van der Waals surface area contributed by atoms with E-state index in [9.17, 15) is 19.7 Å². The summed E-state index contributed by atoms with van der Waals surface area (Å²) in [7, 11) is 0. The summed E-state index contributed by atoms with van der Waals surface area (Å²) in [4.78, 5) is 43.0. The number of rotatable bonds is 7. The number of hydrogen-bond donors (Lipinski definition) is 0. The molecule has 0 radical (unpaired) electrons. The van der Waals surface area contributed by atoms with Gasteiger partial charge in [-0.15, -0.1) is 5.10 Å². The molecule has 14 heteroatoms. The fourth-order valence-corrected chi connectivity index (χ4v) is 2.70. The Bertz CT molecular complexity index is 1110. The molecule has 0 atom stereocenters. The Labute approximate surface area is 173 Å². The van der Waals surface area contributed by atoms with E-state index < -0.39 is 34.2 Å². The standard InChI is InChI=1S/C16H14ClN7O6/c1-3-29-15(25)13-20-14(16(26)30-4-2)23(21-13)11-6-10(22-8-18-7-19-22)9(17)5-12(11)24(27)28/h5-8H,3-4H2,1-2H3. The van der Waals surface area contributed by atoms with Crippen LogP contribution in [0.25, 0.3) is 11.4 Å². The van der Waals surface area contributed by atoms with Gasteiger partial charge in [-0.3, -0.25) is 10.1 Å². The number of ether oxygens (including phenoxy) is 2. The van der Waals surface area contributed by atoms with Crippen LogP contribution in [0.2, 0.25) is 5.02 Å². The van der Waals surface area contributed by atoms with Crippen LogP contribution >= 0.6 is 11.6 Å². The van der Waals surface area contributed by atoms with Crippen molar-refractivity contribution in [2.24, 2.45) is 0 Å². The van der Waals surface area contributed by atoms with E-state index in [0.29, 0.717) is 0 Å². The van der Waals surface area contributed by atoms with E-state index in [4.69, 9.17) is 21.1 Å². The van der Waals surface area contributed by atoms with Gasteiger partial charge in [-0.2, -0.15) is 14.8 Å². The van der Waals surface area contributed by atoms with Crippen LogP contribution in [-0.2, 0) is 9.47 Å². The molecule has 0 bridgehead atoms. The first-order valence-electron chi connectivity index (χ1n) is 8.51. The van der Waals surface area contributed by atoms with Crippen molar-refractivity contribution in [3.63, 3.8) is 0 Å². The summed E-state index contributed by atoms with van der Waals surface area (Å²) in [5, 5.41) is 19.5. The number of carbonyl (C=O) groups excluding carboxylic acids is 2. The highest BCUT2D eigenvalue weighted by molar-refractivity contribution is 6.32. The van der Waals surface area contributed by atoms with Crippen molar-refractivity contribution >= 4 is 29.2 Å². The van der Waals surface area contributed by atoms with E-state index in [0.717, 1.165) is 10.7 Å². The normalized spacial score (nSPS) is 10.6. The predicted molar refractivity (Wildman–Crippen MR) is 99.9 cm³/mol. The number of aromatic nitrogens is 6. The topological polar surface area (TPSA) is 157 Å². The molecule has 0 N–H and O–H groups in total. The third-order valence-electron chi connectivity index (χ3n) is 3.66. The fraction of sp³-hybridized carbons (Fsp3) is 0.250. The molecule has 0 aliphatic carbocycles. The van der Waals surface area contributed by atoms with Crippen LogP contribution in [-0.4, -0.2) is 59.6 Å². The van der Waals surface area contributed by atoms with Crippen molar-refractivity contribution in [2.45, 2.75) is 13.8 Å². The molecule has 0 fully saturated rings. The maximum absolute atomic E-state index is 12.4. The number of nitro groups is 1. The van der Waals surface area contributed by atoms with Crippen molar-refractivity contribution in [3.05, 3.63) is 51.6 Å². The lowest BCUT2D eigenvalue weighted by atomic mass is 10.2. The van der Waals surface area contributed by atoms with Crippen molar-refractivity contribution in [1.29, 1.82) is 0 Å². The maximum atomic E-state index is 12.4. The van der Waals surface area contributed by atoms with Crippen LogP contribution in [0.4, 0.5) is 5.69 Å². The smallest absolute Gasteiger partial charge is 0.378 e. The number of esters is 2. The Morgan fingerprint density at radius 2 is 1.87 bits per heavy atom. The molecule has 3 rings (SSSR count). The van der Waals surface area contributed by atoms with Gasteiger partial charge < -0.3 is 9.47 Å². The van der Waals surface area contributed by atoms with E-state index in [1.54, 1.807) is 13.8 Å². The van der Waals surface area contributed by atoms with Crippen LogP contribution in [0.5, 0.6) is 0 Å². The average molecular weight is 436 g/mol. The predicted octanol–water partition coefficient (Wildman–Crippen LogP) is 1.76. The van der Waals surface area contributed by atoms with Crippen LogP contribution < -0.4 is 0 Å². The monoisotopic (exact) mass is 435 g/mol. The van der Waals surface area contributed by atoms with Crippen LogP contribution in [0.3, 0.4) is 0 Å². The lowest BCUT2D eigenvalue weighted by Crippen LogP contribution is -2.15. The highest BCUT2D eigenvalue weighted by Crippen LogP contribution is 2.32. The minimum Gasteiger partial charge on any atom is -0.460 e. The number of carbonyl (C=O) groups is 2. The maximum Gasteiger partial charge on any atom is 0.378 e. The largest absolute Gasteiger partial charge is 0.460 e. The molecule has 30 heavy (non-hydrogen) atoms. The number of benzene rings is 1. The highest BCUT2D eigenvalue weighted by Gasteiger charge is 2.29. The summed E-state index contributed by atoms with van der Waals surface area (Å²) in [6.45, 7) is 3.20. The van der Waals surface area contributed by atoms with Gasteiger partial charge in [0.2, 0.25) is 5.82 Å². The first kappa shape index (κ1) is 20.9. The molecule has 0 amide bonds. The molecule has 0 aliphatic heterocycles. The number of nitrogens with zero attached hydrogens (tertiary/aromatic N) is 7. The van der Waals surface area contributed by atoms with Crippen molar-refractivity contribution in [3.8, 4) is 11.4 Å². The molecule has 0 saturated carbocycles. The summed E-state index contributed by atoms with van der Waals surface area (Å²) in [5.74, 6) is -2.76. The lowest BCUT2D eigenvalue weighted by molar-refractivity contribution is -0.384. The Morgan fingerprint density at radius 1 is 1.17 bits per heavy atom. The van der Waals surface area contributed by atoms with Gasteiger partial charge in [0, 0.05) is 6.07 Å². The van der Waals surface area contributed by atoms with Crippen LogP contribution in [0.1, 0.15) is 35.1 Å². The van der Waals surface area contributed by atoms with Gasteiger partial charge in [0.05, 0.1) is 28.8 Å². The van der Waals surface area contributed by atoms with Crippen molar-refractivity contribution in [2.75, 3.05) is 13.2 Å². The summed E-state index contributed by atoms with van der Waals surface area (Å²) < 4.78 is 11.9. The Balaban J connectivity index is 2.27. The molecular weight excluding hydrogens is 422 g/mol. The Kier molecular flexibility index (Phi) is 6.01. The Morgan fingerprint density at radius 3 is 2.47 bits per heavy atom. The molecule has 0 aliphatic rings. The van der Waals surface area contributed by atoms with Gasteiger partial charge in [0.1, 0.15) is 18.3 Å². The van der Waals surface area contributed by atoms with Crippen LogP contribution in [0, 0.1) is 10.1 Å². The second-order valence-corrected chi connectivity index (χ2v) is 5.91.